The number of aromatic nitrogens is 4. The van der Waals surface area contributed by atoms with E-state index in [0.29, 0.717) is 11.4 Å². The molecule has 1 heterocycles. The summed E-state index contributed by atoms with van der Waals surface area (Å²) in [7, 11) is 0. The maximum Gasteiger partial charge on any atom is 0.153 e. The van der Waals surface area contributed by atoms with E-state index < -0.39 is 0 Å². The molecule has 1 aromatic heterocycles. The molecule has 0 atom stereocenters. The molecule has 5 heteroatoms. The minimum atomic E-state index is -0.170. The highest BCUT2D eigenvalue weighted by atomic mass is 19.1. The first kappa shape index (κ1) is 10.7. The van der Waals surface area contributed by atoms with Crippen molar-refractivity contribution in [3.63, 3.8) is 0 Å². The molecule has 0 amide bonds. The predicted octanol–water partition coefficient (Wildman–Crippen LogP) is 2.06. The third-order valence-corrected chi connectivity index (χ3v) is 2.42. The van der Waals surface area contributed by atoms with E-state index in [9.17, 15) is 4.39 Å². The number of rotatable bonds is 3. The number of nitrogens with zero attached hydrogens (tertiary/aromatic N) is 4. The van der Waals surface area contributed by atoms with Crippen molar-refractivity contribution in [3.05, 3.63) is 35.4 Å². The summed E-state index contributed by atoms with van der Waals surface area (Å²) in [6.07, 6.45) is 1.63. The van der Waals surface area contributed by atoms with Crippen LogP contribution in [-0.2, 0) is 6.42 Å². The molecule has 0 radical (unpaired) electrons. The van der Waals surface area contributed by atoms with E-state index in [0.717, 1.165) is 18.5 Å². The van der Waals surface area contributed by atoms with Gasteiger partial charge in [-0.1, -0.05) is 13.3 Å². The topological polar surface area (TPSA) is 43.6 Å². The van der Waals surface area contributed by atoms with Gasteiger partial charge in [-0.2, -0.15) is 4.68 Å². The largest absolute Gasteiger partial charge is 0.207 e. The fourth-order valence-corrected chi connectivity index (χ4v) is 1.62. The van der Waals surface area contributed by atoms with Gasteiger partial charge in [0.2, 0.25) is 0 Å². The third-order valence-electron chi connectivity index (χ3n) is 2.42. The fourth-order valence-electron chi connectivity index (χ4n) is 1.62. The van der Waals surface area contributed by atoms with Crippen molar-refractivity contribution >= 4 is 0 Å². The summed E-state index contributed by atoms with van der Waals surface area (Å²) in [5.74, 6) is 0.519. The Balaban J connectivity index is 2.43. The van der Waals surface area contributed by atoms with Crippen LogP contribution in [0.4, 0.5) is 4.39 Å². The summed E-state index contributed by atoms with van der Waals surface area (Å²) < 4.78 is 15.0. The van der Waals surface area contributed by atoms with Crippen LogP contribution >= 0.6 is 0 Å². The minimum absolute atomic E-state index is 0.170. The SMILES string of the molecule is CCCc1cc(-n2nnnc2C)ccc1F. The van der Waals surface area contributed by atoms with Crippen LogP contribution in [0.15, 0.2) is 18.2 Å². The van der Waals surface area contributed by atoms with Crippen LogP contribution < -0.4 is 0 Å². The summed E-state index contributed by atoms with van der Waals surface area (Å²) in [5.41, 5.74) is 1.50. The van der Waals surface area contributed by atoms with E-state index in [1.165, 1.54) is 6.07 Å². The lowest BCUT2D eigenvalue weighted by molar-refractivity contribution is 0.606. The van der Waals surface area contributed by atoms with Crippen LogP contribution in [0.3, 0.4) is 0 Å². The van der Waals surface area contributed by atoms with Crippen molar-refractivity contribution in [2.75, 3.05) is 0 Å². The Morgan fingerprint density at radius 2 is 2.19 bits per heavy atom. The van der Waals surface area contributed by atoms with Gasteiger partial charge in [0, 0.05) is 0 Å². The zero-order chi connectivity index (χ0) is 11.5. The summed E-state index contributed by atoms with van der Waals surface area (Å²) in [4.78, 5) is 0. The zero-order valence-electron chi connectivity index (χ0n) is 9.31. The van der Waals surface area contributed by atoms with E-state index in [4.69, 9.17) is 0 Å². The Labute approximate surface area is 93.1 Å². The molecule has 0 bridgehead atoms. The number of tetrazole rings is 1. The molecule has 0 aliphatic carbocycles. The van der Waals surface area contributed by atoms with Crippen molar-refractivity contribution in [3.8, 4) is 5.69 Å². The van der Waals surface area contributed by atoms with Crippen LogP contribution in [0.2, 0.25) is 0 Å². The van der Waals surface area contributed by atoms with Gasteiger partial charge in [0.05, 0.1) is 5.69 Å². The molecule has 0 saturated carbocycles. The molecular weight excluding hydrogens is 207 g/mol. The molecule has 0 fully saturated rings. The fraction of sp³-hybridized carbons (Fsp3) is 0.364. The van der Waals surface area contributed by atoms with E-state index in [1.807, 2.05) is 13.8 Å². The third kappa shape index (κ3) is 1.93. The summed E-state index contributed by atoms with van der Waals surface area (Å²) in [6, 6.07) is 4.93. The molecular formula is C11H13FN4. The summed E-state index contributed by atoms with van der Waals surface area (Å²) in [5, 5.41) is 11.2. The lowest BCUT2D eigenvalue weighted by Gasteiger charge is -2.05. The second-order valence-corrected chi connectivity index (χ2v) is 3.66. The molecule has 0 aliphatic heterocycles. The van der Waals surface area contributed by atoms with Gasteiger partial charge in [-0.25, -0.2) is 4.39 Å². The lowest BCUT2D eigenvalue weighted by Crippen LogP contribution is -2.01. The Morgan fingerprint density at radius 1 is 1.38 bits per heavy atom. The number of hydrogen-bond donors (Lipinski definition) is 0. The highest BCUT2D eigenvalue weighted by Gasteiger charge is 2.07. The zero-order valence-corrected chi connectivity index (χ0v) is 9.31. The van der Waals surface area contributed by atoms with Gasteiger partial charge >= 0.3 is 0 Å². The van der Waals surface area contributed by atoms with Crippen LogP contribution in [0.1, 0.15) is 24.7 Å². The molecule has 1 aromatic carbocycles. The molecule has 2 aromatic rings. The first-order valence-electron chi connectivity index (χ1n) is 5.26. The molecule has 84 valence electrons. The Bertz CT molecular complexity index is 492. The number of aryl methyl sites for hydroxylation is 2. The molecule has 2 rings (SSSR count). The van der Waals surface area contributed by atoms with Crippen LogP contribution in [0, 0.1) is 12.7 Å². The van der Waals surface area contributed by atoms with Crippen LogP contribution in [-0.4, -0.2) is 20.2 Å². The van der Waals surface area contributed by atoms with Crippen molar-refractivity contribution < 1.29 is 4.39 Å². The first-order chi connectivity index (χ1) is 7.72. The monoisotopic (exact) mass is 220 g/mol. The second kappa shape index (κ2) is 4.38. The van der Waals surface area contributed by atoms with E-state index >= 15 is 0 Å². The number of hydrogen-bond acceptors (Lipinski definition) is 3. The second-order valence-electron chi connectivity index (χ2n) is 3.66. The normalized spacial score (nSPS) is 10.7. The van der Waals surface area contributed by atoms with E-state index in [1.54, 1.807) is 16.8 Å². The van der Waals surface area contributed by atoms with Gasteiger partial charge in [-0.15, -0.1) is 5.10 Å². The number of halogens is 1. The molecule has 0 N–H and O–H groups in total. The Hall–Kier alpha value is -1.78. The molecule has 0 saturated heterocycles. The molecule has 4 nitrogen and oxygen atoms in total. The summed E-state index contributed by atoms with van der Waals surface area (Å²) >= 11 is 0. The van der Waals surface area contributed by atoms with E-state index in [2.05, 4.69) is 15.5 Å². The predicted molar refractivity (Wildman–Crippen MR) is 57.8 cm³/mol. The van der Waals surface area contributed by atoms with Crippen LogP contribution in [0.25, 0.3) is 5.69 Å². The Kier molecular flexibility index (Phi) is 2.94. The first-order valence-corrected chi connectivity index (χ1v) is 5.26. The average Bonchev–Trinajstić information content (AvgIpc) is 2.68. The summed E-state index contributed by atoms with van der Waals surface area (Å²) in [6.45, 7) is 3.83. The quantitative estimate of drug-likeness (QED) is 0.795. The maximum atomic E-state index is 13.4. The minimum Gasteiger partial charge on any atom is -0.207 e. The standard InChI is InChI=1S/C11H13FN4/c1-3-4-9-7-10(5-6-11(9)12)16-8(2)13-14-15-16/h5-7H,3-4H2,1-2H3. The highest BCUT2D eigenvalue weighted by Crippen LogP contribution is 2.15. The van der Waals surface area contributed by atoms with Crippen LogP contribution in [0.5, 0.6) is 0 Å². The Morgan fingerprint density at radius 3 is 2.81 bits per heavy atom. The van der Waals surface area contributed by atoms with Gasteiger partial charge in [0.1, 0.15) is 5.82 Å². The highest BCUT2D eigenvalue weighted by molar-refractivity contribution is 5.36. The van der Waals surface area contributed by atoms with Gasteiger partial charge in [-0.3, -0.25) is 0 Å². The average molecular weight is 220 g/mol. The molecule has 0 spiro atoms. The van der Waals surface area contributed by atoms with Crippen molar-refractivity contribution in [2.45, 2.75) is 26.7 Å². The maximum absolute atomic E-state index is 13.4. The van der Waals surface area contributed by atoms with Gasteiger partial charge in [0.15, 0.2) is 5.82 Å². The van der Waals surface area contributed by atoms with Gasteiger partial charge in [-0.05, 0) is 47.5 Å². The molecule has 16 heavy (non-hydrogen) atoms. The van der Waals surface area contributed by atoms with Gasteiger partial charge in [0.25, 0.3) is 0 Å². The van der Waals surface area contributed by atoms with Crippen molar-refractivity contribution in [1.82, 2.24) is 20.2 Å². The van der Waals surface area contributed by atoms with Crippen molar-refractivity contribution in [2.24, 2.45) is 0 Å². The molecule has 0 unspecified atom stereocenters. The lowest BCUT2D eigenvalue weighted by atomic mass is 10.1. The van der Waals surface area contributed by atoms with Crippen molar-refractivity contribution in [1.29, 1.82) is 0 Å². The smallest absolute Gasteiger partial charge is 0.153 e. The number of benzene rings is 1. The van der Waals surface area contributed by atoms with E-state index in [-0.39, 0.29) is 5.82 Å². The molecule has 0 aliphatic rings. The van der Waals surface area contributed by atoms with Gasteiger partial charge < -0.3 is 0 Å².